The Kier molecular flexibility index (Phi) is 6.53. The van der Waals surface area contributed by atoms with E-state index in [9.17, 15) is 4.79 Å². The standard InChI is InChI=1S/C8H5Cl3O3.Zn/c1-4(12)13-14-8-3-6(10)5(9)2-7(8)11;/h2-3H,1H3;. The Morgan fingerprint density at radius 3 is 2.20 bits per heavy atom. The van der Waals surface area contributed by atoms with E-state index < -0.39 is 5.97 Å². The van der Waals surface area contributed by atoms with E-state index in [1.54, 1.807) is 0 Å². The third kappa shape index (κ3) is 4.56. The normalized spacial score (nSPS) is 9.07. The molecule has 7 heteroatoms. The van der Waals surface area contributed by atoms with Crippen LogP contribution in [0, 0.1) is 0 Å². The summed E-state index contributed by atoms with van der Waals surface area (Å²) >= 11 is 17.1. The fraction of sp³-hybridized carbons (Fsp3) is 0.125. The Bertz CT molecular complexity index is 370. The van der Waals surface area contributed by atoms with Crippen molar-refractivity contribution in [2.75, 3.05) is 0 Å². The van der Waals surface area contributed by atoms with Crippen molar-refractivity contribution in [1.29, 1.82) is 0 Å². The van der Waals surface area contributed by atoms with Gasteiger partial charge < -0.3 is 0 Å². The Morgan fingerprint density at radius 2 is 1.67 bits per heavy atom. The Balaban J connectivity index is 0.00000196. The summed E-state index contributed by atoms with van der Waals surface area (Å²) in [5.74, 6) is -0.455. The van der Waals surface area contributed by atoms with Gasteiger partial charge in [-0.15, -0.1) is 0 Å². The maximum Gasteiger partial charge on any atom is 0.352 e. The molecule has 0 amide bonds. The van der Waals surface area contributed by atoms with E-state index >= 15 is 0 Å². The molecular formula is C8H5Cl3O3Zn. The minimum atomic E-state index is -0.591. The Hall–Kier alpha value is -0.0166. The summed E-state index contributed by atoms with van der Waals surface area (Å²) in [4.78, 5) is 19.3. The Morgan fingerprint density at radius 1 is 1.13 bits per heavy atom. The van der Waals surface area contributed by atoms with Gasteiger partial charge in [-0.2, -0.15) is 0 Å². The van der Waals surface area contributed by atoms with Gasteiger partial charge in [0, 0.05) is 32.5 Å². The van der Waals surface area contributed by atoms with E-state index in [1.165, 1.54) is 19.1 Å². The first kappa shape index (κ1) is 15.0. The van der Waals surface area contributed by atoms with Crippen LogP contribution >= 0.6 is 34.8 Å². The average molecular weight is 321 g/mol. The molecule has 0 aliphatic heterocycles. The summed E-state index contributed by atoms with van der Waals surface area (Å²) in [6.45, 7) is 1.20. The molecule has 1 aromatic carbocycles. The van der Waals surface area contributed by atoms with E-state index in [1.807, 2.05) is 0 Å². The summed E-state index contributed by atoms with van der Waals surface area (Å²) in [6, 6.07) is 2.75. The van der Waals surface area contributed by atoms with Gasteiger partial charge in [-0.3, -0.25) is 9.78 Å². The fourth-order valence-corrected chi connectivity index (χ4v) is 1.24. The minimum Gasteiger partial charge on any atom is -0.285 e. The largest absolute Gasteiger partial charge is 0.352 e. The molecule has 0 spiro atoms. The number of carbonyl (C=O) groups excluding carboxylic acids is 1. The fourth-order valence-electron chi connectivity index (χ4n) is 0.672. The van der Waals surface area contributed by atoms with Crippen LogP contribution < -0.4 is 4.89 Å². The molecule has 1 aromatic rings. The average Bonchev–Trinajstić information content (AvgIpc) is 2.09. The molecule has 0 heterocycles. The molecule has 15 heavy (non-hydrogen) atoms. The van der Waals surface area contributed by atoms with E-state index in [2.05, 4.69) is 9.78 Å². The van der Waals surface area contributed by atoms with Crippen LogP contribution in [0.15, 0.2) is 12.1 Å². The molecule has 0 unspecified atom stereocenters. The van der Waals surface area contributed by atoms with Crippen molar-refractivity contribution >= 4 is 40.8 Å². The number of hydrogen-bond donors (Lipinski definition) is 0. The zero-order valence-electron chi connectivity index (χ0n) is 7.72. The molecule has 0 atom stereocenters. The maximum absolute atomic E-state index is 10.4. The SMILES string of the molecule is CC(=O)OOc1cc(Cl)c(Cl)cc1Cl.[Zn]. The monoisotopic (exact) mass is 318 g/mol. The number of carbonyl (C=O) groups is 1. The summed E-state index contributed by atoms with van der Waals surface area (Å²) < 4.78 is 0. The van der Waals surface area contributed by atoms with E-state index in [4.69, 9.17) is 34.8 Å². The quantitative estimate of drug-likeness (QED) is 0.362. The van der Waals surface area contributed by atoms with Crippen molar-refractivity contribution in [2.24, 2.45) is 0 Å². The van der Waals surface area contributed by atoms with Crippen molar-refractivity contribution in [2.45, 2.75) is 6.92 Å². The molecule has 0 saturated carbocycles. The molecular weight excluding hydrogens is 316 g/mol. The van der Waals surface area contributed by atoms with Crippen molar-refractivity contribution in [3.8, 4) is 5.75 Å². The molecule has 1 rings (SSSR count). The minimum absolute atomic E-state index is 0. The van der Waals surface area contributed by atoms with Crippen LogP contribution in [0.25, 0.3) is 0 Å². The Labute approximate surface area is 114 Å². The predicted octanol–water partition coefficient (Wildman–Crippen LogP) is 3.50. The molecule has 0 N–H and O–H groups in total. The van der Waals surface area contributed by atoms with Crippen molar-refractivity contribution in [3.05, 3.63) is 27.2 Å². The van der Waals surface area contributed by atoms with Crippen LogP contribution in [0.4, 0.5) is 0 Å². The van der Waals surface area contributed by atoms with Gasteiger partial charge in [0.25, 0.3) is 0 Å². The smallest absolute Gasteiger partial charge is 0.285 e. The third-order valence-corrected chi connectivity index (χ3v) is 2.24. The summed E-state index contributed by atoms with van der Waals surface area (Å²) in [7, 11) is 0. The van der Waals surface area contributed by atoms with Crippen LogP contribution in [0.1, 0.15) is 6.92 Å². The summed E-state index contributed by atoms with van der Waals surface area (Å²) in [5.41, 5.74) is 0. The molecule has 0 aliphatic carbocycles. The van der Waals surface area contributed by atoms with Crippen LogP contribution in [0.2, 0.25) is 15.1 Å². The second kappa shape index (κ2) is 6.54. The van der Waals surface area contributed by atoms with Gasteiger partial charge in [0.1, 0.15) is 0 Å². The topological polar surface area (TPSA) is 35.5 Å². The first-order valence-electron chi connectivity index (χ1n) is 3.50. The first-order chi connectivity index (χ1) is 6.50. The second-order valence-corrected chi connectivity index (χ2v) is 3.58. The molecule has 0 radical (unpaired) electrons. The van der Waals surface area contributed by atoms with Gasteiger partial charge in [0.2, 0.25) is 0 Å². The van der Waals surface area contributed by atoms with Crippen LogP contribution in [-0.4, -0.2) is 5.97 Å². The van der Waals surface area contributed by atoms with Crippen LogP contribution in [-0.2, 0) is 29.2 Å². The second-order valence-electron chi connectivity index (χ2n) is 2.35. The predicted molar refractivity (Wildman–Crippen MR) is 53.9 cm³/mol. The number of rotatable bonds is 2. The van der Waals surface area contributed by atoms with Crippen molar-refractivity contribution in [3.63, 3.8) is 0 Å². The third-order valence-electron chi connectivity index (χ3n) is 1.22. The van der Waals surface area contributed by atoms with Gasteiger partial charge in [-0.1, -0.05) is 34.8 Å². The zero-order valence-corrected chi connectivity index (χ0v) is 13.0. The zero-order chi connectivity index (χ0) is 10.7. The van der Waals surface area contributed by atoms with E-state index in [0.717, 1.165) is 0 Å². The van der Waals surface area contributed by atoms with Gasteiger partial charge in [0.15, 0.2) is 5.75 Å². The van der Waals surface area contributed by atoms with E-state index in [-0.39, 0.29) is 35.3 Å². The summed E-state index contributed by atoms with van der Waals surface area (Å²) in [6.07, 6.45) is 0. The van der Waals surface area contributed by atoms with Gasteiger partial charge in [-0.25, -0.2) is 4.79 Å². The number of hydrogen-bond acceptors (Lipinski definition) is 3. The van der Waals surface area contributed by atoms with Gasteiger partial charge in [-0.05, 0) is 6.07 Å². The summed E-state index contributed by atoms with van der Waals surface area (Å²) in [5, 5.41) is 0.769. The molecule has 0 bridgehead atoms. The number of halogens is 3. The van der Waals surface area contributed by atoms with Gasteiger partial charge in [0.05, 0.1) is 15.1 Å². The molecule has 0 fully saturated rings. The molecule has 0 saturated heterocycles. The molecule has 78 valence electrons. The molecule has 0 aliphatic rings. The maximum atomic E-state index is 10.4. The molecule has 3 nitrogen and oxygen atoms in total. The van der Waals surface area contributed by atoms with E-state index in [0.29, 0.717) is 5.02 Å². The van der Waals surface area contributed by atoms with Gasteiger partial charge >= 0.3 is 5.97 Å². The van der Waals surface area contributed by atoms with Crippen LogP contribution in [0.5, 0.6) is 5.75 Å². The molecule has 0 aromatic heterocycles. The number of benzene rings is 1. The first-order valence-corrected chi connectivity index (χ1v) is 4.63. The van der Waals surface area contributed by atoms with Crippen LogP contribution in [0.3, 0.4) is 0 Å². The van der Waals surface area contributed by atoms with Crippen molar-refractivity contribution in [1.82, 2.24) is 0 Å². The van der Waals surface area contributed by atoms with Crippen molar-refractivity contribution < 1.29 is 34.0 Å².